The van der Waals surface area contributed by atoms with E-state index in [-0.39, 0.29) is 0 Å². The van der Waals surface area contributed by atoms with Gasteiger partial charge >= 0.3 is 0 Å². The SMILES string of the molecule is Cc1cc(Oc2cc(Br)ccc2C#N)n(C)n1. The number of benzene rings is 1. The second kappa shape index (κ2) is 4.60. The van der Waals surface area contributed by atoms with Crippen molar-refractivity contribution in [3.8, 4) is 17.7 Å². The molecule has 0 radical (unpaired) electrons. The number of rotatable bonds is 2. The minimum atomic E-state index is 0.493. The van der Waals surface area contributed by atoms with Crippen molar-refractivity contribution in [3.05, 3.63) is 40.0 Å². The van der Waals surface area contributed by atoms with Gasteiger partial charge in [0.15, 0.2) is 0 Å². The van der Waals surface area contributed by atoms with Gasteiger partial charge < -0.3 is 4.74 Å². The Morgan fingerprint density at radius 3 is 2.76 bits per heavy atom. The number of aryl methyl sites for hydroxylation is 2. The number of halogens is 1. The normalized spacial score (nSPS) is 10.0. The van der Waals surface area contributed by atoms with Crippen molar-refractivity contribution in [2.24, 2.45) is 7.05 Å². The number of hydrogen-bond donors (Lipinski definition) is 0. The summed E-state index contributed by atoms with van der Waals surface area (Å²) in [5.41, 5.74) is 1.36. The zero-order chi connectivity index (χ0) is 12.4. The smallest absolute Gasteiger partial charge is 0.217 e. The third-order valence-corrected chi connectivity index (χ3v) is 2.73. The molecule has 86 valence electrons. The van der Waals surface area contributed by atoms with Gasteiger partial charge in [-0.1, -0.05) is 15.9 Å². The van der Waals surface area contributed by atoms with Crippen LogP contribution in [0.3, 0.4) is 0 Å². The minimum Gasteiger partial charge on any atom is -0.438 e. The zero-order valence-corrected chi connectivity index (χ0v) is 11.0. The quantitative estimate of drug-likeness (QED) is 0.854. The first kappa shape index (κ1) is 11.7. The zero-order valence-electron chi connectivity index (χ0n) is 9.44. The highest BCUT2D eigenvalue weighted by atomic mass is 79.9. The van der Waals surface area contributed by atoms with E-state index in [0.717, 1.165) is 10.2 Å². The first-order valence-electron chi connectivity index (χ1n) is 4.98. The summed E-state index contributed by atoms with van der Waals surface area (Å²) in [7, 11) is 1.80. The van der Waals surface area contributed by atoms with E-state index in [0.29, 0.717) is 17.2 Å². The molecule has 0 saturated carbocycles. The fraction of sp³-hybridized carbons (Fsp3) is 0.167. The molecule has 1 aromatic carbocycles. The van der Waals surface area contributed by atoms with Crippen molar-refractivity contribution in [3.63, 3.8) is 0 Å². The molecule has 0 atom stereocenters. The topological polar surface area (TPSA) is 50.8 Å². The van der Waals surface area contributed by atoms with Gasteiger partial charge in [0.05, 0.1) is 11.3 Å². The summed E-state index contributed by atoms with van der Waals surface area (Å²) >= 11 is 3.35. The molecule has 1 heterocycles. The molecule has 5 heteroatoms. The van der Waals surface area contributed by atoms with Crippen LogP contribution >= 0.6 is 15.9 Å². The summed E-state index contributed by atoms with van der Waals surface area (Å²) in [6.45, 7) is 1.89. The Labute approximate surface area is 108 Å². The first-order valence-corrected chi connectivity index (χ1v) is 5.77. The van der Waals surface area contributed by atoms with Crippen molar-refractivity contribution in [1.82, 2.24) is 9.78 Å². The molecule has 1 aromatic heterocycles. The number of nitriles is 1. The molecule has 0 unspecified atom stereocenters. The number of nitrogens with zero attached hydrogens (tertiary/aromatic N) is 3. The summed E-state index contributed by atoms with van der Waals surface area (Å²) in [5.74, 6) is 1.13. The van der Waals surface area contributed by atoms with Crippen LogP contribution in [0.5, 0.6) is 11.6 Å². The molecular weight excluding hydrogens is 282 g/mol. The number of hydrogen-bond acceptors (Lipinski definition) is 3. The van der Waals surface area contributed by atoms with Crippen LogP contribution in [-0.2, 0) is 7.05 Å². The minimum absolute atomic E-state index is 0.493. The summed E-state index contributed by atoms with van der Waals surface area (Å²) in [6.07, 6.45) is 0. The molecule has 17 heavy (non-hydrogen) atoms. The van der Waals surface area contributed by atoms with E-state index < -0.39 is 0 Å². The Balaban J connectivity index is 2.39. The summed E-state index contributed by atoms with van der Waals surface area (Å²) < 4.78 is 8.18. The van der Waals surface area contributed by atoms with E-state index in [1.54, 1.807) is 29.9 Å². The van der Waals surface area contributed by atoms with Gasteiger partial charge in [0.2, 0.25) is 5.88 Å². The maximum atomic E-state index is 8.99. The van der Waals surface area contributed by atoms with Gasteiger partial charge in [0.25, 0.3) is 0 Å². The average Bonchev–Trinajstić information content (AvgIpc) is 2.58. The van der Waals surface area contributed by atoms with Gasteiger partial charge in [-0.3, -0.25) is 0 Å². The standard InChI is InChI=1S/C12H10BrN3O/c1-8-5-12(16(2)15-8)17-11-6-10(13)4-3-9(11)7-14/h3-6H,1-2H3. The Kier molecular flexibility index (Phi) is 3.16. The Morgan fingerprint density at radius 2 is 2.18 bits per heavy atom. The third-order valence-electron chi connectivity index (χ3n) is 2.24. The van der Waals surface area contributed by atoms with E-state index in [4.69, 9.17) is 10.00 Å². The number of aromatic nitrogens is 2. The van der Waals surface area contributed by atoms with Crippen LogP contribution in [0.4, 0.5) is 0 Å². The Morgan fingerprint density at radius 1 is 1.41 bits per heavy atom. The molecule has 0 fully saturated rings. The highest BCUT2D eigenvalue weighted by Crippen LogP contribution is 2.28. The van der Waals surface area contributed by atoms with Crippen LogP contribution < -0.4 is 4.74 Å². The second-order valence-electron chi connectivity index (χ2n) is 3.60. The van der Waals surface area contributed by atoms with Crippen molar-refractivity contribution < 1.29 is 4.74 Å². The predicted molar refractivity (Wildman–Crippen MR) is 66.9 cm³/mol. The molecule has 0 amide bonds. The van der Waals surface area contributed by atoms with Crippen molar-refractivity contribution >= 4 is 15.9 Å². The lowest BCUT2D eigenvalue weighted by Crippen LogP contribution is -1.96. The predicted octanol–water partition coefficient (Wildman–Crippen LogP) is 3.16. The van der Waals surface area contributed by atoms with Crippen LogP contribution in [-0.4, -0.2) is 9.78 Å². The van der Waals surface area contributed by atoms with E-state index in [1.165, 1.54) is 0 Å². The van der Waals surface area contributed by atoms with Crippen molar-refractivity contribution in [2.75, 3.05) is 0 Å². The lowest BCUT2D eigenvalue weighted by atomic mass is 10.2. The molecular formula is C12H10BrN3O. The van der Waals surface area contributed by atoms with Crippen molar-refractivity contribution in [1.29, 1.82) is 5.26 Å². The molecule has 0 saturated heterocycles. The van der Waals surface area contributed by atoms with E-state index in [2.05, 4.69) is 27.1 Å². The molecule has 0 bridgehead atoms. The van der Waals surface area contributed by atoms with E-state index in [1.807, 2.05) is 13.0 Å². The molecule has 0 spiro atoms. The van der Waals surface area contributed by atoms with Gasteiger partial charge in [-0.2, -0.15) is 10.4 Å². The molecule has 0 aliphatic carbocycles. The molecule has 2 rings (SSSR count). The second-order valence-corrected chi connectivity index (χ2v) is 4.52. The van der Waals surface area contributed by atoms with Gasteiger partial charge in [-0.15, -0.1) is 0 Å². The van der Waals surface area contributed by atoms with Crippen LogP contribution in [0.25, 0.3) is 0 Å². The average molecular weight is 292 g/mol. The monoisotopic (exact) mass is 291 g/mol. The first-order chi connectivity index (χ1) is 8.10. The van der Waals surface area contributed by atoms with Crippen LogP contribution in [0.2, 0.25) is 0 Å². The summed E-state index contributed by atoms with van der Waals surface area (Å²) in [6, 6.07) is 9.20. The van der Waals surface area contributed by atoms with Gasteiger partial charge in [-0.05, 0) is 25.1 Å². The van der Waals surface area contributed by atoms with Gasteiger partial charge in [0, 0.05) is 17.6 Å². The highest BCUT2D eigenvalue weighted by Gasteiger charge is 2.09. The maximum absolute atomic E-state index is 8.99. The van der Waals surface area contributed by atoms with Crippen LogP contribution in [0.15, 0.2) is 28.7 Å². The fourth-order valence-electron chi connectivity index (χ4n) is 1.47. The lowest BCUT2D eigenvalue weighted by Gasteiger charge is -2.07. The molecule has 0 aliphatic heterocycles. The molecule has 2 aromatic rings. The molecule has 0 N–H and O–H groups in total. The molecule has 0 aliphatic rings. The lowest BCUT2D eigenvalue weighted by molar-refractivity contribution is 0.429. The molecule has 4 nitrogen and oxygen atoms in total. The fourth-order valence-corrected chi connectivity index (χ4v) is 1.81. The van der Waals surface area contributed by atoms with Gasteiger partial charge in [0.1, 0.15) is 11.8 Å². The number of ether oxygens (including phenoxy) is 1. The maximum Gasteiger partial charge on any atom is 0.217 e. The van der Waals surface area contributed by atoms with Gasteiger partial charge in [-0.25, -0.2) is 4.68 Å². The third kappa shape index (κ3) is 2.48. The van der Waals surface area contributed by atoms with E-state index in [9.17, 15) is 0 Å². The van der Waals surface area contributed by atoms with Crippen LogP contribution in [0.1, 0.15) is 11.3 Å². The van der Waals surface area contributed by atoms with E-state index >= 15 is 0 Å². The van der Waals surface area contributed by atoms with Crippen molar-refractivity contribution in [2.45, 2.75) is 6.92 Å². The summed E-state index contributed by atoms with van der Waals surface area (Å²) in [4.78, 5) is 0. The highest BCUT2D eigenvalue weighted by molar-refractivity contribution is 9.10. The summed E-state index contributed by atoms with van der Waals surface area (Å²) in [5, 5.41) is 13.2. The Bertz CT molecular complexity index is 598. The Hall–Kier alpha value is -1.80. The van der Waals surface area contributed by atoms with Crippen LogP contribution in [0, 0.1) is 18.3 Å². The largest absolute Gasteiger partial charge is 0.438 e.